The van der Waals surface area contributed by atoms with Gasteiger partial charge in [-0.1, -0.05) is 16.6 Å². The lowest BCUT2D eigenvalue weighted by Gasteiger charge is -2.15. The number of pyridine rings is 2. The van der Waals surface area contributed by atoms with E-state index in [0.29, 0.717) is 16.6 Å². The topological polar surface area (TPSA) is 72.8 Å². The van der Waals surface area contributed by atoms with E-state index in [0.717, 1.165) is 12.1 Å². The highest BCUT2D eigenvalue weighted by molar-refractivity contribution is 7.06. The average molecular weight is 485 g/mol. The highest BCUT2D eigenvalue weighted by Crippen LogP contribution is 2.40. The van der Waals surface area contributed by atoms with E-state index < -0.39 is 28.7 Å². The lowest BCUT2D eigenvalue weighted by Crippen LogP contribution is -2.11. The molecule has 3 aromatic heterocycles. The number of anilines is 2. The van der Waals surface area contributed by atoms with Crippen molar-refractivity contribution in [2.24, 2.45) is 0 Å². The summed E-state index contributed by atoms with van der Waals surface area (Å²) in [5.74, 6) is -0.475. The summed E-state index contributed by atoms with van der Waals surface area (Å²) in [4.78, 5) is 7.17. The van der Waals surface area contributed by atoms with Crippen LogP contribution in [0.2, 0.25) is 0 Å². The molecule has 0 radical (unpaired) electrons. The van der Waals surface area contributed by atoms with E-state index in [9.17, 15) is 26.3 Å². The Balaban J connectivity index is 1.71. The van der Waals surface area contributed by atoms with Gasteiger partial charge in [0, 0.05) is 17.1 Å². The van der Waals surface area contributed by atoms with Crippen LogP contribution in [0.4, 0.5) is 37.8 Å². The normalized spacial score (nSPS) is 12.2. The molecule has 0 spiro atoms. The van der Waals surface area contributed by atoms with Gasteiger partial charge in [-0.15, -0.1) is 5.10 Å². The molecule has 3 heterocycles. The van der Waals surface area contributed by atoms with Crippen molar-refractivity contribution < 1.29 is 31.1 Å². The third-order valence-electron chi connectivity index (χ3n) is 4.47. The molecule has 1 aromatic carbocycles. The van der Waals surface area contributed by atoms with Crippen molar-refractivity contribution in [1.29, 1.82) is 0 Å². The summed E-state index contributed by atoms with van der Waals surface area (Å²) in [5.41, 5.74) is -0.347. The van der Waals surface area contributed by atoms with E-state index in [2.05, 4.69) is 24.9 Å². The Hall–Kier alpha value is -3.48. The number of nitrogens with one attached hydrogen (secondary N) is 1. The summed E-state index contributed by atoms with van der Waals surface area (Å²) in [7, 11) is 0. The third-order valence-corrected chi connectivity index (χ3v) is 5.24. The molecule has 172 valence electrons. The van der Waals surface area contributed by atoms with Gasteiger partial charge in [0.05, 0.1) is 17.8 Å². The fourth-order valence-corrected chi connectivity index (χ4v) is 3.63. The molecule has 0 saturated carbocycles. The van der Waals surface area contributed by atoms with Crippen LogP contribution in [0.25, 0.3) is 22.2 Å². The van der Waals surface area contributed by atoms with Gasteiger partial charge in [-0.2, -0.15) is 31.3 Å². The fraction of sp³-hybridized carbons (Fsp3) is 0.200. The zero-order valence-corrected chi connectivity index (χ0v) is 17.4. The summed E-state index contributed by atoms with van der Waals surface area (Å²) in [6.45, 7) is 1.53. The van der Waals surface area contributed by atoms with E-state index in [1.165, 1.54) is 31.3 Å². The number of alkyl halides is 6. The molecule has 6 nitrogen and oxygen atoms in total. The van der Waals surface area contributed by atoms with Crippen LogP contribution in [0.5, 0.6) is 5.88 Å². The highest BCUT2D eigenvalue weighted by Gasteiger charge is 2.37. The van der Waals surface area contributed by atoms with Crippen LogP contribution in [0.1, 0.15) is 17.4 Å². The molecule has 0 aliphatic heterocycles. The zero-order valence-electron chi connectivity index (χ0n) is 16.6. The smallest absolute Gasteiger partial charge is 0.429 e. The van der Waals surface area contributed by atoms with E-state index in [1.807, 2.05) is 0 Å². The molecule has 0 aliphatic carbocycles. The van der Waals surface area contributed by atoms with Crippen molar-refractivity contribution >= 4 is 33.9 Å². The SMILES string of the molecule is CCOc1nc(Nc2ccnc3cc(-c4nnsc4C(F)(F)F)ccc23)ccc1C(F)(F)F. The number of rotatable bonds is 5. The predicted octanol–water partition coefficient (Wildman–Crippen LogP) is 6.33. The quantitative estimate of drug-likeness (QED) is 0.333. The number of aromatic nitrogens is 4. The number of benzene rings is 1. The fourth-order valence-electron chi connectivity index (χ4n) is 3.08. The molecular weight excluding hydrogens is 472 g/mol. The second kappa shape index (κ2) is 8.46. The first-order valence-electron chi connectivity index (χ1n) is 9.34. The molecule has 4 aromatic rings. The van der Waals surface area contributed by atoms with Crippen LogP contribution in [-0.2, 0) is 12.4 Å². The van der Waals surface area contributed by atoms with Gasteiger partial charge in [-0.25, -0.2) is 0 Å². The van der Waals surface area contributed by atoms with Crippen molar-refractivity contribution in [2.45, 2.75) is 19.3 Å². The van der Waals surface area contributed by atoms with Gasteiger partial charge in [-0.05, 0) is 42.7 Å². The van der Waals surface area contributed by atoms with Crippen LogP contribution in [0.15, 0.2) is 42.6 Å². The van der Waals surface area contributed by atoms with Crippen LogP contribution >= 0.6 is 11.5 Å². The van der Waals surface area contributed by atoms with Crippen molar-refractivity contribution in [3.8, 4) is 17.1 Å². The number of halogens is 6. The Morgan fingerprint density at radius 3 is 2.48 bits per heavy atom. The van der Waals surface area contributed by atoms with Gasteiger partial charge in [0.1, 0.15) is 17.1 Å². The van der Waals surface area contributed by atoms with Gasteiger partial charge < -0.3 is 10.1 Å². The molecule has 13 heteroatoms. The summed E-state index contributed by atoms with van der Waals surface area (Å²) in [6.07, 6.45) is -7.82. The molecule has 0 atom stereocenters. The molecule has 0 bridgehead atoms. The van der Waals surface area contributed by atoms with Crippen molar-refractivity contribution in [3.05, 3.63) is 53.0 Å². The van der Waals surface area contributed by atoms with E-state index >= 15 is 0 Å². The Bertz CT molecular complexity index is 1300. The van der Waals surface area contributed by atoms with Gasteiger partial charge in [0.25, 0.3) is 0 Å². The minimum Gasteiger partial charge on any atom is -0.477 e. The molecule has 33 heavy (non-hydrogen) atoms. The Morgan fingerprint density at radius 2 is 1.79 bits per heavy atom. The summed E-state index contributed by atoms with van der Waals surface area (Å²) >= 11 is 0.251. The number of nitrogens with zero attached hydrogens (tertiary/aromatic N) is 4. The van der Waals surface area contributed by atoms with Crippen LogP contribution in [0.3, 0.4) is 0 Å². The van der Waals surface area contributed by atoms with Gasteiger partial charge >= 0.3 is 12.4 Å². The molecule has 4 rings (SSSR count). The van der Waals surface area contributed by atoms with Gasteiger partial charge in [0.15, 0.2) is 4.88 Å². The standard InChI is InChI=1S/C20H13F6N5OS/c1-2-32-18-12(19(21,22)23)5-6-15(29-18)28-13-7-8-27-14-9-10(3-4-11(13)14)16-17(20(24,25)26)33-31-30-16/h3-9H,2H2,1H3,(H,27,28,29). The lowest BCUT2D eigenvalue weighted by atomic mass is 10.1. The maximum absolute atomic E-state index is 13.2. The Labute approximate surface area is 186 Å². The maximum atomic E-state index is 13.2. The second-order valence-electron chi connectivity index (χ2n) is 6.64. The first kappa shape index (κ1) is 22.7. The molecular formula is C20H13F6N5OS. The maximum Gasteiger partial charge on any atom is 0.429 e. The first-order valence-corrected chi connectivity index (χ1v) is 10.1. The summed E-state index contributed by atoms with van der Waals surface area (Å²) in [6, 6.07) is 7.98. The number of ether oxygens (including phenoxy) is 1. The van der Waals surface area contributed by atoms with Crippen molar-refractivity contribution in [3.63, 3.8) is 0 Å². The van der Waals surface area contributed by atoms with E-state index in [1.54, 1.807) is 6.07 Å². The molecule has 0 fully saturated rings. The minimum atomic E-state index is -4.63. The monoisotopic (exact) mass is 485 g/mol. The minimum absolute atomic E-state index is 0.00805. The average Bonchev–Trinajstić information content (AvgIpc) is 3.24. The number of fused-ring (bicyclic) bond motifs is 1. The summed E-state index contributed by atoms with van der Waals surface area (Å²) < 4.78 is 87.5. The molecule has 0 aliphatic rings. The Kier molecular flexibility index (Phi) is 5.82. The van der Waals surface area contributed by atoms with Crippen molar-refractivity contribution in [2.75, 3.05) is 11.9 Å². The van der Waals surface area contributed by atoms with Crippen LogP contribution in [0, 0.1) is 0 Å². The largest absolute Gasteiger partial charge is 0.477 e. The number of hydrogen-bond acceptors (Lipinski definition) is 7. The third kappa shape index (κ3) is 4.67. The van der Waals surface area contributed by atoms with Crippen LogP contribution in [-0.4, -0.2) is 26.2 Å². The summed E-state index contributed by atoms with van der Waals surface area (Å²) in [5, 5.41) is 7.02. The van der Waals surface area contributed by atoms with Crippen molar-refractivity contribution in [1.82, 2.24) is 19.6 Å². The molecule has 0 unspecified atom stereocenters. The first-order chi connectivity index (χ1) is 15.6. The molecule has 1 N–H and O–H groups in total. The highest BCUT2D eigenvalue weighted by atomic mass is 32.1. The van der Waals surface area contributed by atoms with E-state index in [4.69, 9.17) is 4.74 Å². The predicted molar refractivity (Wildman–Crippen MR) is 109 cm³/mol. The number of hydrogen-bond donors (Lipinski definition) is 1. The lowest BCUT2D eigenvalue weighted by molar-refractivity contribution is -0.139. The van der Waals surface area contributed by atoms with Gasteiger partial charge in [0.2, 0.25) is 5.88 Å². The molecule has 0 saturated heterocycles. The molecule has 0 amide bonds. The van der Waals surface area contributed by atoms with E-state index in [-0.39, 0.29) is 35.2 Å². The Morgan fingerprint density at radius 1 is 1.00 bits per heavy atom. The second-order valence-corrected chi connectivity index (χ2v) is 7.40. The zero-order chi connectivity index (χ0) is 23.8. The van der Waals surface area contributed by atoms with Crippen LogP contribution < -0.4 is 10.1 Å². The van der Waals surface area contributed by atoms with Gasteiger partial charge in [-0.3, -0.25) is 4.98 Å².